The smallest absolute Gasteiger partial charge is 0.164 e. The number of unbranched alkanes of at least 4 members (excludes halogenated alkanes) is 1. The van der Waals surface area contributed by atoms with E-state index in [1.165, 1.54) is 0 Å². The Morgan fingerprint density at radius 2 is 1.80 bits per heavy atom. The van der Waals surface area contributed by atoms with Gasteiger partial charge in [-0.05, 0) is 18.6 Å². The first-order chi connectivity index (χ1) is 7.31. The van der Waals surface area contributed by atoms with Gasteiger partial charge in [0.25, 0.3) is 0 Å². The lowest BCUT2D eigenvalue weighted by molar-refractivity contribution is 0.303. The fourth-order valence-corrected chi connectivity index (χ4v) is 1.24. The average molecular weight is 210 g/mol. The zero-order valence-electron chi connectivity index (χ0n) is 9.58. The molecule has 0 saturated carbocycles. The fourth-order valence-electron chi connectivity index (χ4n) is 1.24. The third-order valence-corrected chi connectivity index (χ3v) is 2.12. The molecule has 0 bridgehead atoms. The molecule has 15 heavy (non-hydrogen) atoms. The van der Waals surface area contributed by atoms with E-state index in [0.717, 1.165) is 30.9 Å². The maximum atomic E-state index is 5.55. The minimum absolute atomic E-state index is 0.700. The lowest BCUT2D eigenvalue weighted by atomic mass is 10.3. The van der Waals surface area contributed by atoms with Crippen molar-refractivity contribution in [2.75, 3.05) is 20.8 Å². The van der Waals surface area contributed by atoms with Gasteiger partial charge in [0, 0.05) is 6.07 Å². The summed E-state index contributed by atoms with van der Waals surface area (Å²) in [4.78, 5) is 0. The Kier molecular flexibility index (Phi) is 4.81. The first kappa shape index (κ1) is 11.7. The molecule has 1 aromatic carbocycles. The number of ether oxygens (including phenoxy) is 3. The van der Waals surface area contributed by atoms with Crippen molar-refractivity contribution in [3.05, 3.63) is 18.2 Å². The monoisotopic (exact) mass is 210 g/mol. The van der Waals surface area contributed by atoms with Gasteiger partial charge in [-0.25, -0.2) is 0 Å². The molecule has 0 aliphatic carbocycles. The molecule has 0 aliphatic rings. The van der Waals surface area contributed by atoms with Gasteiger partial charge >= 0.3 is 0 Å². The Balaban J connectivity index is 2.66. The van der Waals surface area contributed by atoms with Crippen molar-refractivity contribution >= 4 is 0 Å². The van der Waals surface area contributed by atoms with E-state index in [2.05, 4.69) is 6.92 Å². The lowest BCUT2D eigenvalue weighted by Gasteiger charge is -2.10. The van der Waals surface area contributed by atoms with Crippen LogP contribution in [0.4, 0.5) is 0 Å². The summed E-state index contributed by atoms with van der Waals surface area (Å²) in [6.07, 6.45) is 2.20. The van der Waals surface area contributed by atoms with E-state index < -0.39 is 0 Å². The normalized spacial score (nSPS) is 9.80. The summed E-state index contributed by atoms with van der Waals surface area (Å²) >= 11 is 0. The van der Waals surface area contributed by atoms with Crippen molar-refractivity contribution in [2.45, 2.75) is 19.8 Å². The molecule has 0 unspecified atom stereocenters. The number of benzene rings is 1. The second-order valence-corrected chi connectivity index (χ2v) is 3.22. The highest BCUT2D eigenvalue weighted by Crippen LogP contribution is 2.30. The van der Waals surface area contributed by atoms with Crippen molar-refractivity contribution in [3.63, 3.8) is 0 Å². The molecule has 0 aliphatic heterocycles. The Bertz CT molecular complexity index is 297. The molecule has 0 N–H and O–H groups in total. The second kappa shape index (κ2) is 6.17. The number of hydrogen-bond donors (Lipinski definition) is 0. The largest absolute Gasteiger partial charge is 0.493 e. The molecule has 0 radical (unpaired) electrons. The van der Waals surface area contributed by atoms with Crippen LogP contribution in [0.3, 0.4) is 0 Å². The van der Waals surface area contributed by atoms with E-state index in [4.69, 9.17) is 14.2 Å². The maximum Gasteiger partial charge on any atom is 0.164 e. The summed E-state index contributed by atoms with van der Waals surface area (Å²) in [7, 11) is 3.24. The number of methoxy groups -OCH3 is 2. The van der Waals surface area contributed by atoms with Crippen molar-refractivity contribution in [1.82, 2.24) is 0 Å². The molecule has 84 valence electrons. The number of rotatable bonds is 6. The van der Waals surface area contributed by atoms with E-state index in [-0.39, 0.29) is 0 Å². The predicted molar refractivity (Wildman–Crippen MR) is 59.9 cm³/mol. The SMILES string of the molecule is CCCCOc1ccc(OC)c(OC)c1. The van der Waals surface area contributed by atoms with Gasteiger partial charge in [-0.15, -0.1) is 0 Å². The van der Waals surface area contributed by atoms with Crippen LogP contribution in [-0.4, -0.2) is 20.8 Å². The van der Waals surface area contributed by atoms with Crippen LogP contribution in [0.2, 0.25) is 0 Å². The van der Waals surface area contributed by atoms with E-state index >= 15 is 0 Å². The Labute approximate surface area is 91.0 Å². The van der Waals surface area contributed by atoms with Gasteiger partial charge in [0.2, 0.25) is 0 Å². The van der Waals surface area contributed by atoms with Crippen molar-refractivity contribution in [2.24, 2.45) is 0 Å². The Morgan fingerprint density at radius 3 is 2.40 bits per heavy atom. The molecule has 0 fully saturated rings. The molecule has 3 heteroatoms. The third kappa shape index (κ3) is 3.35. The van der Waals surface area contributed by atoms with Gasteiger partial charge < -0.3 is 14.2 Å². The van der Waals surface area contributed by atoms with Crippen molar-refractivity contribution in [3.8, 4) is 17.2 Å². The molecule has 0 atom stereocenters. The molecular weight excluding hydrogens is 192 g/mol. The van der Waals surface area contributed by atoms with E-state index in [9.17, 15) is 0 Å². The standard InChI is InChI=1S/C12H18O3/c1-4-5-8-15-10-6-7-11(13-2)12(9-10)14-3/h6-7,9H,4-5,8H2,1-3H3. The molecule has 3 nitrogen and oxygen atoms in total. The van der Waals surface area contributed by atoms with Crippen molar-refractivity contribution < 1.29 is 14.2 Å². The first-order valence-electron chi connectivity index (χ1n) is 5.16. The summed E-state index contributed by atoms with van der Waals surface area (Å²) in [5.74, 6) is 2.24. The molecule has 0 aromatic heterocycles. The summed E-state index contributed by atoms with van der Waals surface area (Å²) in [6.45, 7) is 2.88. The van der Waals surface area contributed by atoms with Crippen LogP contribution in [0.5, 0.6) is 17.2 Å². The topological polar surface area (TPSA) is 27.7 Å². The quantitative estimate of drug-likeness (QED) is 0.676. The average Bonchev–Trinajstić information content (AvgIpc) is 2.29. The molecule has 0 heterocycles. The summed E-state index contributed by atoms with van der Waals surface area (Å²) in [6, 6.07) is 5.58. The molecule has 1 aromatic rings. The Hall–Kier alpha value is -1.38. The molecule has 0 spiro atoms. The predicted octanol–water partition coefficient (Wildman–Crippen LogP) is 2.88. The van der Waals surface area contributed by atoms with E-state index in [1.54, 1.807) is 14.2 Å². The summed E-state index contributed by atoms with van der Waals surface area (Å²) in [5.41, 5.74) is 0. The van der Waals surface area contributed by atoms with Crippen LogP contribution in [-0.2, 0) is 0 Å². The second-order valence-electron chi connectivity index (χ2n) is 3.22. The van der Waals surface area contributed by atoms with Crippen LogP contribution in [0.25, 0.3) is 0 Å². The lowest BCUT2D eigenvalue weighted by Crippen LogP contribution is -1.97. The minimum Gasteiger partial charge on any atom is -0.493 e. The van der Waals surface area contributed by atoms with Crippen LogP contribution in [0.1, 0.15) is 19.8 Å². The van der Waals surface area contributed by atoms with Gasteiger partial charge in [-0.2, -0.15) is 0 Å². The van der Waals surface area contributed by atoms with Crippen molar-refractivity contribution in [1.29, 1.82) is 0 Å². The highest BCUT2D eigenvalue weighted by atomic mass is 16.5. The van der Waals surface area contributed by atoms with Gasteiger partial charge in [0.15, 0.2) is 11.5 Å². The van der Waals surface area contributed by atoms with Crippen LogP contribution in [0, 0.1) is 0 Å². The number of hydrogen-bond acceptors (Lipinski definition) is 3. The van der Waals surface area contributed by atoms with Gasteiger partial charge in [-0.1, -0.05) is 13.3 Å². The molecule has 0 amide bonds. The van der Waals surface area contributed by atoms with E-state index in [0.29, 0.717) is 5.75 Å². The van der Waals surface area contributed by atoms with Crippen LogP contribution in [0.15, 0.2) is 18.2 Å². The highest BCUT2D eigenvalue weighted by molar-refractivity contribution is 5.45. The van der Waals surface area contributed by atoms with Crippen LogP contribution < -0.4 is 14.2 Å². The minimum atomic E-state index is 0.700. The summed E-state index contributed by atoms with van der Waals surface area (Å²) in [5, 5.41) is 0. The first-order valence-corrected chi connectivity index (χ1v) is 5.16. The van der Waals surface area contributed by atoms with Crippen LogP contribution >= 0.6 is 0 Å². The maximum absolute atomic E-state index is 5.55. The molecule has 0 saturated heterocycles. The highest BCUT2D eigenvalue weighted by Gasteiger charge is 2.04. The van der Waals surface area contributed by atoms with Gasteiger partial charge in [-0.3, -0.25) is 0 Å². The van der Waals surface area contributed by atoms with Gasteiger partial charge in [0.05, 0.1) is 20.8 Å². The molecular formula is C12H18O3. The zero-order valence-corrected chi connectivity index (χ0v) is 9.58. The summed E-state index contributed by atoms with van der Waals surface area (Å²) < 4.78 is 15.9. The van der Waals surface area contributed by atoms with E-state index in [1.807, 2.05) is 18.2 Å². The zero-order chi connectivity index (χ0) is 11.1. The fraction of sp³-hybridized carbons (Fsp3) is 0.500. The van der Waals surface area contributed by atoms with Gasteiger partial charge in [0.1, 0.15) is 5.75 Å². The third-order valence-electron chi connectivity index (χ3n) is 2.12. The molecule has 1 rings (SSSR count). The Morgan fingerprint density at radius 1 is 1.07 bits per heavy atom.